The van der Waals surface area contributed by atoms with E-state index in [2.05, 4.69) is 6.92 Å². The van der Waals surface area contributed by atoms with E-state index in [0.717, 1.165) is 23.3 Å². The summed E-state index contributed by atoms with van der Waals surface area (Å²) in [6, 6.07) is 17.6. The quantitative estimate of drug-likeness (QED) is 0.242. The van der Waals surface area contributed by atoms with Crippen LogP contribution < -0.4 is 19.1 Å². The third-order valence-corrected chi connectivity index (χ3v) is 6.81. The van der Waals surface area contributed by atoms with Gasteiger partial charge in [0, 0.05) is 6.07 Å². The molecule has 3 aromatic rings. The van der Waals surface area contributed by atoms with Gasteiger partial charge in [0.15, 0.2) is 0 Å². The molecule has 5 rings (SSSR count). The second kappa shape index (κ2) is 9.97. The number of hydrogen-bond acceptors (Lipinski definition) is 6. The molecule has 0 aliphatic carbocycles. The summed E-state index contributed by atoms with van der Waals surface area (Å²) in [6.45, 7) is 2.71. The van der Waals surface area contributed by atoms with Crippen LogP contribution in [0.25, 0.3) is 0 Å². The lowest BCUT2D eigenvalue weighted by atomic mass is 9.86. The summed E-state index contributed by atoms with van der Waals surface area (Å²) in [5.41, 5.74) is 1.90. The number of β-lactam (4-membered cyclic amide) rings is 1. The standard InChI is InChI=1S/C29H28N2O6/c1-4-5-16-37-19-12-10-18(11-13-19)25-26(31-27(32)21-8-6-7-9-22(21)28(31)33)29(34)30(25)23-15-14-20(35-2)17-24(23)36-3/h6-15,17,25-26H,4-5,16H2,1-3H3. The molecule has 2 aliphatic rings. The van der Waals surface area contributed by atoms with Crippen LogP contribution in [0.4, 0.5) is 5.69 Å². The monoisotopic (exact) mass is 500 g/mol. The average molecular weight is 501 g/mol. The highest BCUT2D eigenvalue weighted by Crippen LogP contribution is 2.47. The normalized spacial score (nSPS) is 18.5. The zero-order chi connectivity index (χ0) is 26.1. The maximum atomic E-state index is 13.7. The van der Waals surface area contributed by atoms with E-state index < -0.39 is 23.9 Å². The van der Waals surface area contributed by atoms with Crippen molar-refractivity contribution in [3.05, 3.63) is 83.4 Å². The number of amides is 3. The van der Waals surface area contributed by atoms with Crippen molar-refractivity contribution < 1.29 is 28.6 Å². The number of ether oxygens (including phenoxy) is 3. The van der Waals surface area contributed by atoms with Gasteiger partial charge in [-0.25, -0.2) is 0 Å². The van der Waals surface area contributed by atoms with Gasteiger partial charge in [0.2, 0.25) is 0 Å². The summed E-state index contributed by atoms with van der Waals surface area (Å²) in [4.78, 5) is 42.9. The van der Waals surface area contributed by atoms with E-state index in [9.17, 15) is 14.4 Å². The molecule has 0 N–H and O–H groups in total. The second-order valence-electron chi connectivity index (χ2n) is 8.93. The van der Waals surface area contributed by atoms with Crippen LogP contribution in [0.3, 0.4) is 0 Å². The summed E-state index contributed by atoms with van der Waals surface area (Å²) < 4.78 is 16.7. The highest BCUT2D eigenvalue weighted by molar-refractivity contribution is 6.24. The molecule has 2 heterocycles. The molecule has 2 atom stereocenters. The van der Waals surface area contributed by atoms with Crippen molar-refractivity contribution in [2.75, 3.05) is 25.7 Å². The van der Waals surface area contributed by atoms with E-state index in [4.69, 9.17) is 14.2 Å². The fourth-order valence-electron chi connectivity index (χ4n) is 4.87. The number of unbranched alkanes of at least 4 members (excludes halogenated alkanes) is 1. The molecular formula is C29H28N2O6. The van der Waals surface area contributed by atoms with Crippen molar-refractivity contribution in [2.24, 2.45) is 0 Å². The first-order valence-electron chi connectivity index (χ1n) is 12.2. The predicted octanol–water partition coefficient (Wildman–Crippen LogP) is 4.64. The van der Waals surface area contributed by atoms with E-state index in [-0.39, 0.29) is 5.91 Å². The zero-order valence-corrected chi connectivity index (χ0v) is 21.0. The maximum absolute atomic E-state index is 13.7. The maximum Gasteiger partial charge on any atom is 0.262 e. The fourth-order valence-corrected chi connectivity index (χ4v) is 4.87. The molecule has 37 heavy (non-hydrogen) atoms. The minimum absolute atomic E-state index is 0.305. The molecule has 1 fully saturated rings. The van der Waals surface area contributed by atoms with Crippen LogP contribution in [0.15, 0.2) is 66.7 Å². The van der Waals surface area contributed by atoms with E-state index in [0.29, 0.717) is 40.7 Å². The lowest BCUT2D eigenvalue weighted by Gasteiger charge is -2.50. The first kappa shape index (κ1) is 24.4. The Morgan fingerprint density at radius 3 is 2.00 bits per heavy atom. The van der Waals surface area contributed by atoms with E-state index in [1.807, 2.05) is 24.3 Å². The summed E-state index contributed by atoms with van der Waals surface area (Å²) in [5, 5.41) is 0. The van der Waals surface area contributed by atoms with Gasteiger partial charge >= 0.3 is 0 Å². The smallest absolute Gasteiger partial charge is 0.262 e. The van der Waals surface area contributed by atoms with Gasteiger partial charge in [-0.3, -0.25) is 24.2 Å². The minimum Gasteiger partial charge on any atom is -0.497 e. The number of fused-ring (bicyclic) bond motifs is 1. The Kier molecular flexibility index (Phi) is 6.56. The average Bonchev–Trinajstić information content (AvgIpc) is 3.17. The van der Waals surface area contributed by atoms with Gasteiger partial charge in [0.25, 0.3) is 17.7 Å². The predicted molar refractivity (Wildman–Crippen MR) is 137 cm³/mol. The number of methoxy groups -OCH3 is 2. The van der Waals surface area contributed by atoms with Crippen LogP contribution in [-0.2, 0) is 4.79 Å². The Morgan fingerprint density at radius 2 is 1.41 bits per heavy atom. The van der Waals surface area contributed by atoms with Gasteiger partial charge in [-0.1, -0.05) is 37.6 Å². The van der Waals surface area contributed by atoms with Crippen LogP contribution in [0.5, 0.6) is 17.2 Å². The fraction of sp³-hybridized carbons (Fsp3) is 0.276. The lowest BCUT2D eigenvalue weighted by molar-refractivity contribution is -0.130. The molecular weight excluding hydrogens is 472 g/mol. The van der Waals surface area contributed by atoms with Crippen molar-refractivity contribution in [3.8, 4) is 17.2 Å². The first-order valence-corrected chi connectivity index (χ1v) is 12.2. The molecule has 0 radical (unpaired) electrons. The molecule has 8 nitrogen and oxygen atoms in total. The van der Waals surface area contributed by atoms with Gasteiger partial charge in [-0.05, 0) is 48.4 Å². The zero-order valence-electron chi connectivity index (χ0n) is 21.0. The molecule has 2 unspecified atom stereocenters. The van der Waals surface area contributed by atoms with Crippen molar-refractivity contribution in [3.63, 3.8) is 0 Å². The number of hydrogen-bond donors (Lipinski definition) is 0. The highest BCUT2D eigenvalue weighted by atomic mass is 16.5. The molecule has 8 heteroatoms. The summed E-state index contributed by atoms with van der Waals surface area (Å²) in [6.07, 6.45) is 1.98. The molecule has 3 aromatic carbocycles. The SMILES string of the molecule is CCCCOc1ccc(C2C(N3C(=O)c4ccccc4C3=O)C(=O)N2c2ccc(OC)cc2OC)cc1. The molecule has 0 bridgehead atoms. The molecule has 0 spiro atoms. The van der Waals surface area contributed by atoms with Crippen molar-refractivity contribution in [1.29, 1.82) is 0 Å². The molecule has 0 aromatic heterocycles. The van der Waals surface area contributed by atoms with Gasteiger partial charge in [-0.2, -0.15) is 0 Å². The van der Waals surface area contributed by atoms with Crippen LogP contribution in [0, 0.1) is 0 Å². The molecule has 2 aliphatic heterocycles. The Labute approximate surface area is 215 Å². The molecule has 0 saturated carbocycles. The highest BCUT2D eigenvalue weighted by Gasteiger charge is 2.57. The van der Waals surface area contributed by atoms with Crippen molar-refractivity contribution in [2.45, 2.75) is 31.8 Å². The number of anilines is 1. The third kappa shape index (κ3) is 4.08. The third-order valence-electron chi connectivity index (χ3n) is 6.81. The van der Waals surface area contributed by atoms with Gasteiger partial charge in [-0.15, -0.1) is 0 Å². The number of imide groups is 1. The second-order valence-corrected chi connectivity index (χ2v) is 8.93. The Balaban J connectivity index is 1.54. The number of benzene rings is 3. The lowest BCUT2D eigenvalue weighted by Crippen LogP contribution is -2.67. The van der Waals surface area contributed by atoms with Gasteiger partial charge < -0.3 is 14.2 Å². The van der Waals surface area contributed by atoms with Crippen molar-refractivity contribution >= 4 is 23.4 Å². The topological polar surface area (TPSA) is 85.4 Å². The summed E-state index contributed by atoms with van der Waals surface area (Å²) in [5.74, 6) is 0.434. The largest absolute Gasteiger partial charge is 0.497 e. The molecule has 3 amide bonds. The molecule has 1 saturated heterocycles. The summed E-state index contributed by atoms with van der Waals surface area (Å²) >= 11 is 0. The van der Waals surface area contributed by atoms with Crippen molar-refractivity contribution in [1.82, 2.24) is 4.90 Å². The Morgan fingerprint density at radius 1 is 0.757 bits per heavy atom. The number of carbonyl (C=O) groups is 3. The van der Waals surface area contributed by atoms with Crippen LogP contribution in [0.1, 0.15) is 52.1 Å². The Hall–Kier alpha value is -4.33. The van der Waals surface area contributed by atoms with Gasteiger partial charge in [0.1, 0.15) is 23.3 Å². The van der Waals surface area contributed by atoms with E-state index in [1.54, 1.807) is 54.5 Å². The number of rotatable bonds is 9. The Bertz CT molecular complexity index is 1320. The summed E-state index contributed by atoms with van der Waals surface area (Å²) in [7, 11) is 3.07. The van der Waals surface area contributed by atoms with Crippen LogP contribution >= 0.6 is 0 Å². The number of carbonyl (C=O) groups excluding carboxylic acids is 3. The number of nitrogens with zero attached hydrogens (tertiary/aromatic N) is 2. The van der Waals surface area contributed by atoms with E-state index in [1.165, 1.54) is 7.11 Å². The minimum atomic E-state index is -0.994. The van der Waals surface area contributed by atoms with E-state index >= 15 is 0 Å². The van der Waals surface area contributed by atoms with Crippen LogP contribution in [0.2, 0.25) is 0 Å². The first-order chi connectivity index (χ1) is 18.0. The van der Waals surface area contributed by atoms with Crippen LogP contribution in [-0.4, -0.2) is 49.5 Å². The molecule has 190 valence electrons. The van der Waals surface area contributed by atoms with Gasteiger partial charge in [0.05, 0.1) is 43.7 Å².